The number of hydrogen-bond donors (Lipinski definition) is 1. The second kappa shape index (κ2) is 7.69. The predicted molar refractivity (Wildman–Crippen MR) is 95.1 cm³/mol. The summed E-state index contributed by atoms with van der Waals surface area (Å²) >= 11 is 3.87. The summed E-state index contributed by atoms with van der Waals surface area (Å²) in [6, 6.07) is 16.2. The van der Waals surface area contributed by atoms with Crippen LogP contribution in [0, 0.1) is 10.5 Å². The highest BCUT2D eigenvalue weighted by Crippen LogP contribution is 2.15. The number of thioether (sulfide) groups is 1. The molecule has 4 heteroatoms. The molecule has 0 spiro atoms. The van der Waals surface area contributed by atoms with E-state index in [0.29, 0.717) is 5.75 Å². The molecule has 0 saturated carbocycles. The molecule has 2 aromatic carbocycles. The lowest BCUT2D eigenvalue weighted by Gasteiger charge is -2.05. The van der Waals surface area contributed by atoms with Crippen molar-refractivity contribution in [3.63, 3.8) is 0 Å². The van der Waals surface area contributed by atoms with Gasteiger partial charge in [0.05, 0.1) is 5.75 Å². The second-order valence-corrected chi connectivity index (χ2v) is 6.76. The Bertz CT molecular complexity index is 566. The standard InChI is InChI=1S/C16H16INOS/c1-12-2-4-13(5-3-12)10-20-11-16(19)18-15-8-6-14(17)7-9-15/h2-9H,10-11H2,1H3,(H,18,19). The van der Waals surface area contributed by atoms with Crippen LogP contribution in [0.25, 0.3) is 0 Å². The van der Waals surface area contributed by atoms with Crippen molar-refractivity contribution in [3.05, 3.63) is 63.2 Å². The number of aryl methyl sites for hydroxylation is 1. The van der Waals surface area contributed by atoms with Gasteiger partial charge in [-0.2, -0.15) is 0 Å². The summed E-state index contributed by atoms with van der Waals surface area (Å²) in [7, 11) is 0. The number of carbonyl (C=O) groups excluding carboxylic acids is 1. The first kappa shape index (κ1) is 15.4. The summed E-state index contributed by atoms with van der Waals surface area (Å²) in [5.41, 5.74) is 3.37. The summed E-state index contributed by atoms with van der Waals surface area (Å²) in [4.78, 5) is 11.8. The maximum absolute atomic E-state index is 11.8. The van der Waals surface area contributed by atoms with Gasteiger partial charge in [-0.3, -0.25) is 4.79 Å². The number of benzene rings is 2. The van der Waals surface area contributed by atoms with Crippen molar-refractivity contribution < 1.29 is 4.79 Å². The molecule has 2 rings (SSSR count). The van der Waals surface area contributed by atoms with Crippen molar-refractivity contribution in [1.29, 1.82) is 0 Å². The molecule has 104 valence electrons. The lowest BCUT2D eigenvalue weighted by molar-refractivity contribution is -0.113. The van der Waals surface area contributed by atoms with Crippen LogP contribution in [0.3, 0.4) is 0 Å². The van der Waals surface area contributed by atoms with Crippen molar-refractivity contribution in [3.8, 4) is 0 Å². The predicted octanol–water partition coefficient (Wildman–Crippen LogP) is 4.47. The van der Waals surface area contributed by atoms with E-state index in [4.69, 9.17) is 0 Å². The molecule has 0 aliphatic heterocycles. The van der Waals surface area contributed by atoms with Crippen molar-refractivity contribution >= 4 is 45.9 Å². The van der Waals surface area contributed by atoms with Crippen LogP contribution in [0.4, 0.5) is 5.69 Å². The topological polar surface area (TPSA) is 29.1 Å². The molecule has 2 nitrogen and oxygen atoms in total. The Balaban J connectivity index is 1.75. The molecule has 0 saturated heterocycles. The Morgan fingerprint density at radius 3 is 2.40 bits per heavy atom. The minimum atomic E-state index is 0.0447. The lowest BCUT2D eigenvalue weighted by Crippen LogP contribution is -2.14. The number of carbonyl (C=O) groups is 1. The van der Waals surface area contributed by atoms with E-state index in [1.807, 2.05) is 24.3 Å². The zero-order valence-electron chi connectivity index (χ0n) is 11.2. The van der Waals surface area contributed by atoms with E-state index in [1.54, 1.807) is 11.8 Å². The summed E-state index contributed by atoms with van der Waals surface area (Å²) in [6.07, 6.45) is 0. The Hall–Kier alpha value is -1.01. The largest absolute Gasteiger partial charge is 0.325 e. The Kier molecular flexibility index (Phi) is 5.91. The average Bonchev–Trinajstić information content (AvgIpc) is 2.44. The van der Waals surface area contributed by atoms with Crippen LogP contribution in [0.2, 0.25) is 0 Å². The van der Waals surface area contributed by atoms with E-state index >= 15 is 0 Å². The molecule has 0 bridgehead atoms. The van der Waals surface area contributed by atoms with E-state index in [2.05, 4.69) is 59.1 Å². The monoisotopic (exact) mass is 397 g/mol. The van der Waals surface area contributed by atoms with Crippen LogP contribution in [-0.2, 0) is 10.5 Å². The average molecular weight is 397 g/mol. The van der Waals surface area contributed by atoms with Gasteiger partial charge < -0.3 is 5.32 Å². The molecular formula is C16H16INOS. The van der Waals surface area contributed by atoms with Gasteiger partial charge in [-0.25, -0.2) is 0 Å². The first-order valence-electron chi connectivity index (χ1n) is 6.32. The molecule has 0 atom stereocenters. The third-order valence-corrected chi connectivity index (χ3v) is 4.47. The molecule has 0 fully saturated rings. The number of halogens is 1. The van der Waals surface area contributed by atoms with E-state index in [0.717, 1.165) is 15.0 Å². The van der Waals surface area contributed by atoms with Crippen molar-refractivity contribution in [1.82, 2.24) is 0 Å². The lowest BCUT2D eigenvalue weighted by atomic mass is 10.2. The molecule has 0 heterocycles. The SMILES string of the molecule is Cc1ccc(CSCC(=O)Nc2ccc(I)cc2)cc1. The quantitative estimate of drug-likeness (QED) is 0.755. The maximum atomic E-state index is 11.8. The number of amides is 1. The van der Waals surface area contributed by atoms with E-state index in [9.17, 15) is 4.79 Å². The number of nitrogens with one attached hydrogen (secondary N) is 1. The fourth-order valence-corrected chi connectivity index (χ4v) is 2.82. The third-order valence-electron chi connectivity index (χ3n) is 2.75. The number of rotatable bonds is 5. The number of hydrogen-bond acceptors (Lipinski definition) is 2. The van der Waals surface area contributed by atoms with Gasteiger partial charge in [0.2, 0.25) is 5.91 Å². The molecule has 20 heavy (non-hydrogen) atoms. The molecule has 1 N–H and O–H groups in total. The van der Waals surface area contributed by atoms with Crippen LogP contribution in [0.1, 0.15) is 11.1 Å². The van der Waals surface area contributed by atoms with Gasteiger partial charge in [0, 0.05) is 15.0 Å². The van der Waals surface area contributed by atoms with Crippen molar-refractivity contribution in [2.75, 3.05) is 11.1 Å². The molecule has 0 aliphatic rings. The first-order chi connectivity index (χ1) is 9.63. The maximum Gasteiger partial charge on any atom is 0.234 e. The van der Waals surface area contributed by atoms with Gasteiger partial charge in [-0.1, -0.05) is 29.8 Å². The molecule has 1 amide bonds. The molecule has 0 radical (unpaired) electrons. The van der Waals surface area contributed by atoms with Gasteiger partial charge in [0.15, 0.2) is 0 Å². The highest BCUT2D eigenvalue weighted by atomic mass is 127. The van der Waals surface area contributed by atoms with Crippen LogP contribution >= 0.6 is 34.4 Å². The highest BCUT2D eigenvalue weighted by Gasteiger charge is 2.03. The van der Waals surface area contributed by atoms with Crippen LogP contribution < -0.4 is 5.32 Å². The molecule has 0 unspecified atom stereocenters. The van der Waals surface area contributed by atoms with Gasteiger partial charge in [-0.15, -0.1) is 11.8 Å². The van der Waals surface area contributed by atoms with Crippen LogP contribution in [0.15, 0.2) is 48.5 Å². The smallest absolute Gasteiger partial charge is 0.234 e. The van der Waals surface area contributed by atoms with E-state index < -0.39 is 0 Å². The Labute approximate surface area is 137 Å². The molecule has 0 aromatic heterocycles. The summed E-state index contributed by atoms with van der Waals surface area (Å²) in [5.74, 6) is 1.38. The molecular weight excluding hydrogens is 381 g/mol. The second-order valence-electron chi connectivity index (χ2n) is 4.53. The van der Waals surface area contributed by atoms with Crippen LogP contribution in [0.5, 0.6) is 0 Å². The first-order valence-corrected chi connectivity index (χ1v) is 8.55. The van der Waals surface area contributed by atoms with E-state index in [-0.39, 0.29) is 5.91 Å². The fraction of sp³-hybridized carbons (Fsp3) is 0.188. The summed E-state index contributed by atoms with van der Waals surface area (Å²) in [5, 5.41) is 2.90. The summed E-state index contributed by atoms with van der Waals surface area (Å²) < 4.78 is 1.16. The van der Waals surface area contributed by atoms with Gasteiger partial charge in [0.25, 0.3) is 0 Å². The van der Waals surface area contributed by atoms with Crippen molar-refractivity contribution in [2.24, 2.45) is 0 Å². The fourth-order valence-electron chi connectivity index (χ4n) is 1.68. The van der Waals surface area contributed by atoms with Gasteiger partial charge >= 0.3 is 0 Å². The van der Waals surface area contributed by atoms with Crippen molar-refractivity contribution in [2.45, 2.75) is 12.7 Å². The van der Waals surface area contributed by atoms with Crippen LogP contribution in [-0.4, -0.2) is 11.7 Å². The highest BCUT2D eigenvalue weighted by molar-refractivity contribution is 14.1. The Morgan fingerprint density at radius 1 is 1.10 bits per heavy atom. The van der Waals surface area contributed by atoms with Gasteiger partial charge in [0.1, 0.15) is 0 Å². The Morgan fingerprint density at radius 2 is 1.75 bits per heavy atom. The molecule has 2 aromatic rings. The number of anilines is 1. The van der Waals surface area contributed by atoms with Gasteiger partial charge in [-0.05, 0) is 59.3 Å². The molecule has 0 aliphatic carbocycles. The minimum absolute atomic E-state index is 0.0447. The zero-order valence-corrected chi connectivity index (χ0v) is 14.2. The normalized spacial score (nSPS) is 10.3. The van der Waals surface area contributed by atoms with E-state index in [1.165, 1.54) is 11.1 Å². The summed E-state index contributed by atoms with van der Waals surface area (Å²) in [6.45, 7) is 2.07. The zero-order chi connectivity index (χ0) is 14.4. The minimum Gasteiger partial charge on any atom is -0.325 e. The third kappa shape index (κ3) is 5.17.